The Kier molecular flexibility index (Phi) is 6.02. The zero-order valence-corrected chi connectivity index (χ0v) is 12.1. The maximum atomic E-state index is 12.2. The van der Waals surface area contributed by atoms with Gasteiger partial charge < -0.3 is 19.1 Å². The van der Waals surface area contributed by atoms with Gasteiger partial charge in [0.15, 0.2) is 0 Å². The number of rotatable bonds is 7. The first kappa shape index (κ1) is 15.7. The van der Waals surface area contributed by atoms with E-state index in [1.165, 1.54) is 0 Å². The summed E-state index contributed by atoms with van der Waals surface area (Å²) in [5.74, 6) is 0.663. The minimum atomic E-state index is -3.78. The van der Waals surface area contributed by atoms with Crippen LogP contribution in [0.1, 0.15) is 13.8 Å². The van der Waals surface area contributed by atoms with Crippen LogP contribution in [0.4, 0.5) is 10.5 Å². The van der Waals surface area contributed by atoms with E-state index >= 15 is 0 Å². The van der Waals surface area contributed by atoms with Crippen LogP contribution in [0, 0.1) is 0 Å². The Labute approximate surface area is 112 Å². The number of ether oxygens (including phenoxy) is 1. The molecule has 0 fully saturated rings. The molecule has 0 aliphatic rings. The molecule has 0 aromatic heterocycles. The first-order chi connectivity index (χ1) is 9.05. The van der Waals surface area contributed by atoms with Crippen molar-refractivity contribution in [2.24, 2.45) is 0 Å². The highest BCUT2D eigenvalue weighted by atomic mass is 31.2. The molecule has 6 nitrogen and oxygen atoms in total. The fourth-order valence-corrected chi connectivity index (χ4v) is 2.62. The van der Waals surface area contributed by atoms with E-state index < -0.39 is 13.2 Å². The molecule has 7 heteroatoms. The molecule has 0 saturated carbocycles. The predicted molar refractivity (Wildman–Crippen MR) is 72.9 cm³/mol. The van der Waals surface area contributed by atoms with Gasteiger partial charge >= 0.3 is 13.2 Å². The summed E-state index contributed by atoms with van der Waals surface area (Å²) >= 11 is 0. The summed E-state index contributed by atoms with van der Waals surface area (Å²) in [6.07, 6.45) is 0. The minimum absolute atomic E-state index is 0.132. The molecule has 1 aromatic carbocycles. The Morgan fingerprint density at radius 3 is 2.11 bits per heavy atom. The summed E-state index contributed by atoms with van der Waals surface area (Å²) in [5.41, 5.74) is -0.285. The molecule has 0 spiro atoms. The van der Waals surface area contributed by atoms with Crippen LogP contribution in [0.5, 0.6) is 5.75 Å². The van der Waals surface area contributed by atoms with Gasteiger partial charge in [-0.25, -0.2) is 4.57 Å². The molecule has 0 atom stereocenters. The van der Waals surface area contributed by atoms with Crippen molar-refractivity contribution in [2.75, 3.05) is 25.6 Å². The molecule has 0 heterocycles. The monoisotopic (exact) mass is 287 g/mol. The topological polar surface area (TPSA) is 73.9 Å². The highest BCUT2D eigenvalue weighted by molar-refractivity contribution is 7.72. The number of anilines is 1. The molecule has 0 aliphatic carbocycles. The molecular weight excluding hydrogens is 269 g/mol. The summed E-state index contributed by atoms with van der Waals surface area (Å²) in [7, 11) is -2.23. The van der Waals surface area contributed by atoms with Gasteiger partial charge in [0.2, 0.25) is 0 Å². The third kappa shape index (κ3) is 4.35. The van der Waals surface area contributed by atoms with Gasteiger partial charge in [-0.15, -0.1) is 0 Å². The van der Waals surface area contributed by atoms with Gasteiger partial charge in [0.05, 0.1) is 20.3 Å². The van der Waals surface area contributed by atoms with Gasteiger partial charge in [-0.3, -0.25) is 4.79 Å². The maximum Gasteiger partial charge on any atom is 0.418 e. The molecule has 1 rings (SSSR count). The van der Waals surface area contributed by atoms with Crippen molar-refractivity contribution in [2.45, 2.75) is 13.8 Å². The quantitative estimate of drug-likeness (QED) is 0.777. The third-order valence-corrected chi connectivity index (χ3v) is 3.99. The summed E-state index contributed by atoms with van der Waals surface area (Å²) in [5, 5.41) is 2.50. The van der Waals surface area contributed by atoms with Crippen molar-refractivity contribution in [3.8, 4) is 5.75 Å². The number of amides is 1. The Hall–Kier alpha value is -1.36. The molecule has 0 bridgehead atoms. The molecule has 1 amide bonds. The molecule has 0 aliphatic heterocycles. The summed E-state index contributed by atoms with van der Waals surface area (Å²) in [4.78, 5) is 11.9. The standard InChI is InChI=1S/C12H18NO5P/c1-4-17-19(15,18-5-2)12(14)13-10-6-8-11(16-3)9-7-10/h6-9H,4-5H2,1-3H3,(H,13,14). The number of hydrogen-bond donors (Lipinski definition) is 1. The van der Waals surface area contributed by atoms with Crippen LogP contribution in [0.15, 0.2) is 24.3 Å². The Morgan fingerprint density at radius 2 is 1.68 bits per heavy atom. The van der Waals surface area contributed by atoms with Gasteiger partial charge in [-0.05, 0) is 38.1 Å². The van der Waals surface area contributed by atoms with E-state index in [9.17, 15) is 9.36 Å². The Bertz CT molecular complexity index is 450. The minimum Gasteiger partial charge on any atom is -0.497 e. The summed E-state index contributed by atoms with van der Waals surface area (Å²) in [6.45, 7) is 3.55. The lowest BCUT2D eigenvalue weighted by Gasteiger charge is -2.16. The lowest BCUT2D eigenvalue weighted by molar-refractivity contribution is 0.212. The largest absolute Gasteiger partial charge is 0.497 e. The number of methoxy groups -OCH3 is 1. The van der Waals surface area contributed by atoms with Crippen LogP contribution in [-0.4, -0.2) is 26.0 Å². The smallest absolute Gasteiger partial charge is 0.418 e. The zero-order valence-electron chi connectivity index (χ0n) is 11.2. The first-order valence-corrected chi connectivity index (χ1v) is 7.44. The second-order valence-corrected chi connectivity index (χ2v) is 5.41. The molecular formula is C12H18NO5P. The average Bonchev–Trinajstić information content (AvgIpc) is 2.40. The normalized spacial score (nSPS) is 11.1. The SMILES string of the molecule is CCOP(=O)(OCC)C(=O)Nc1ccc(OC)cc1. The highest BCUT2D eigenvalue weighted by Crippen LogP contribution is 2.49. The number of carbonyl (C=O) groups excluding carboxylic acids is 1. The second-order valence-electron chi connectivity index (χ2n) is 3.49. The Morgan fingerprint density at radius 1 is 1.16 bits per heavy atom. The van der Waals surface area contributed by atoms with Crippen LogP contribution in [-0.2, 0) is 13.6 Å². The van der Waals surface area contributed by atoms with Gasteiger partial charge in [-0.2, -0.15) is 0 Å². The fourth-order valence-electron chi connectivity index (χ4n) is 1.36. The lowest BCUT2D eigenvalue weighted by Crippen LogP contribution is -2.14. The first-order valence-electron chi connectivity index (χ1n) is 5.90. The van der Waals surface area contributed by atoms with E-state index in [4.69, 9.17) is 13.8 Å². The summed E-state index contributed by atoms with van der Waals surface area (Å²) in [6, 6.07) is 6.64. The lowest BCUT2D eigenvalue weighted by atomic mass is 10.3. The van der Waals surface area contributed by atoms with Crippen LogP contribution in [0.3, 0.4) is 0 Å². The van der Waals surface area contributed by atoms with Crippen molar-refractivity contribution in [1.29, 1.82) is 0 Å². The second kappa shape index (κ2) is 7.28. The van der Waals surface area contributed by atoms with E-state index in [2.05, 4.69) is 5.32 Å². The van der Waals surface area contributed by atoms with Gasteiger partial charge in [-0.1, -0.05) is 0 Å². The maximum absolute atomic E-state index is 12.2. The number of carbonyl (C=O) groups is 1. The van der Waals surface area contributed by atoms with Crippen molar-refractivity contribution < 1.29 is 23.1 Å². The molecule has 0 saturated heterocycles. The number of nitrogens with one attached hydrogen (secondary N) is 1. The van der Waals surface area contributed by atoms with Gasteiger partial charge in [0.25, 0.3) is 0 Å². The van der Waals surface area contributed by atoms with Crippen molar-refractivity contribution in [3.05, 3.63) is 24.3 Å². The van der Waals surface area contributed by atoms with Crippen LogP contribution < -0.4 is 10.1 Å². The molecule has 19 heavy (non-hydrogen) atoms. The van der Waals surface area contributed by atoms with Gasteiger partial charge in [0, 0.05) is 5.69 Å². The highest BCUT2D eigenvalue weighted by Gasteiger charge is 2.34. The zero-order chi connectivity index (χ0) is 14.3. The van der Waals surface area contributed by atoms with E-state index in [1.807, 2.05) is 0 Å². The molecule has 106 valence electrons. The summed E-state index contributed by atoms with van der Waals surface area (Å²) < 4.78 is 27.1. The molecule has 1 aromatic rings. The molecule has 1 N–H and O–H groups in total. The number of benzene rings is 1. The van der Waals surface area contributed by atoms with E-state index in [0.717, 1.165) is 0 Å². The van der Waals surface area contributed by atoms with Crippen LogP contribution in [0.2, 0.25) is 0 Å². The fraction of sp³-hybridized carbons (Fsp3) is 0.417. The van der Waals surface area contributed by atoms with Crippen molar-refractivity contribution in [1.82, 2.24) is 0 Å². The number of hydrogen-bond acceptors (Lipinski definition) is 5. The van der Waals surface area contributed by atoms with Crippen LogP contribution >= 0.6 is 7.60 Å². The van der Waals surface area contributed by atoms with Crippen molar-refractivity contribution in [3.63, 3.8) is 0 Å². The Balaban J connectivity index is 2.78. The van der Waals surface area contributed by atoms with Gasteiger partial charge in [0.1, 0.15) is 5.75 Å². The third-order valence-electron chi connectivity index (χ3n) is 2.19. The van der Waals surface area contributed by atoms with Crippen molar-refractivity contribution >= 4 is 18.9 Å². The average molecular weight is 287 g/mol. The predicted octanol–water partition coefficient (Wildman–Crippen LogP) is 3.49. The molecule has 0 unspecified atom stereocenters. The molecule has 0 radical (unpaired) electrons. The van der Waals surface area contributed by atoms with Crippen LogP contribution in [0.25, 0.3) is 0 Å². The van der Waals surface area contributed by atoms with E-state index in [-0.39, 0.29) is 13.2 Å². The van der Waals surface area contributed by atoms with E-state index in [1.54, 1.807) is 45.2 Å². The van der Waals surface area contributed by atoms with E-state index in [0.29, 0.717) is 11.4 Å².